The molecule has 0 radical (unpaired) electrons. The number of unbranched alkanes of at least 4 members (excludes halogenated alkanes) is 1. The Kier molecular flexibility index (Phi) is 5.84. The molecule has 1 rings (SSSR count). The zero-order valence-corrected chi connectivity index (χ0v) is 10.4. The summed E-state index contributed by atoms with van der Waals surface area (Å²) < 4.78 is 0. The fourth-order valence-electron chi connectivity index (χ4n) is 1.75. The minimum absolute atomic E-state index is 0.247. The van der Waals surface area contributed by atoms with Gasteiger partial charge in [0.25, 0.3) is 0 Å². The van der Waals surface area contributed by atoms with Crippen LogP contribution in [0.15, 0.2) is 30.3 Å². The van der Waals surface area contributed by atoms with E-state index in [0.29, 0.717) is 5.78 Å². The van der Waals surface area contributed by atoms with Crippen molar-refractivity contribution in [3.8, 4) is 0 Å². The van der Waals surface area contributed by atoms with Crippen LogP contribution in [0.3, 0.4) is 0 Å². The van der Waals surface area contributed by atoms with Gasteiger partial charge in [-0.3, -0.25) is 4.79 Å². The van der Waals surface area contributed by atoms with Crippen LogP contribution in [0.4, 0.5) is 0 Å². The van der Waals surface area contributed by atoms with Crippen LogP contribution >= 0.6 is 0 Å². The lowest BCUT2D eigenvalue weighted by atomic mass is 9.98. The average molecular weight is 218 g/mol. The predicted octanol–water partition coefficient (Wildman–Crippen LogP) is 4.01. The minimum atomic E-state index is 0.247. The Hall–Kier alpha value is -1.11. The molecule has 0 aromatic heterocycles. The van der Waals surface area contributed by atoms with E-state index in [1.54, 1.807) is 0 Å². The molecule has 0 amide bonds. The van der Waals surface area contributed by atoms with Gasteiger partial charge in [-0.2, -0.15) is 0 Å². The molecule has 0 aliphatic heterocycles. The first-order chi connectivity index (χ1) is 7.74. The van der Waals surface area contributed by atoms with Crippen LogP contribution in [-0.2, 0) is 11.2 Å². The van der Waals surface area contributed by atoms with E-state index in [-0.39, 0.29) is 5.92 Å². The van der Waals surface area contributed by atoms with E-state index >= 15 is 0 Å². The van der Waals surface area contributed by atoms with Crippen molar-refractivity contribution in [1.82, 2.24) is 0 Å². The first-order valence-corrected chi connectivity index (χ1v) is 6.30. The van der Waals surface area contributed by atoms with Crippen LogP contribution < -0.4 is 0 Å². The number of carbonyl (C=O) groups is 1. The van der Waals surface area contributed by atoms with E-state index in [4.69, 9.17) is 0 Å². The molecule has 88 valence electrons. The van der Waals surface area contributed by atoms with Crippen LogP contribution in [0.25, 0.3) is 0 Å². The van der Waals surface area contributed by atoms with Gasteiger partial charge in [0.2, 0.25) is 0 Å². The van der Waals surface area contributed by atoms with E-state index < -0.39 is 0 Å². The Morgan fingerprint density at radius 1 is 1.19 bits per heavy atom. The fraction of sp³-hybridized carbons (Fsp3) is 0.533. The summed E-state index contributed by atoms with van der Waals surface area (Å²) in [5, 5.41) is 0. The zero-order chi connectivity index (χ0) is 11.8. The lowest BCUT2D eigenvalue weighted by Gasteiger charge is -2.06. The summed E-state index contributed by atoms with van der Waals surface area (Å²) in [7, 11) is 0. The number of hydrogen-bond acceptors (Lipinski definition) is 1. The Balaban J connectivity index is 2.15. The van der Waals surface area contributed by atoms with Gasteiger partial charge in [0, 0.05) is 12.3 Å². The van der Waals surface area contributed by atoms with E-state index in [0.717, 1.165) is 32.1 Å². The minimum Gasteiger partial charge on any atom is -0.299 e. The molecule has 0 saturated carbocycles. The van der Waals surface area contributed by atoms with Gasteiger partial charge in [-0.15, -0.1) is 0 Å². The van der Waals surface area contributed by atoms with Gasteiger partial charge < -0.3 is 0 Å². The molecule has 0 aliphatic carbocycles. The average Bonchev–Trinajstić information content (AvgIpc) is 2.34. The largest absolute Gasteiger partial charge is 0.299 e. The van der Waals surface area contributed by atoms with E-state index in [1.807, 2.05) is 13.0 Å². The number of carbonyl (C=O) groups excluding carboxylic acids is 1. The first-order valence-electron chi connectivity index (χ1n) is 6.30. The normalized spacial score (nSPS) is 12.4. The maximum absolute atomic E-state index is 11.6. The second kappa shape index (κ2) is 7.21. The lowest BCUT2D eigenvalue weighted by molar-refractivity contribution is -0.122. The first kappa shape index (κ1) is 13.0. The van der Waals surface area contributed by atoms with E-state index in [1.165, 1.54) is 5.56 Å². The summed E-state index contributed by atoms with van der Waals surface area (Å²) in [5.41, 5.74) is 1.37. The van der Waals surface area contributed by atoms with Gasteiger partial charge in [0.05, 0.1) is 0 Å². The number of aryl methyl sites for hydroxylation is 1. The third kappa shape index (κ3) is 4.61. The topological polar surface area (TPSA) is 17.1 Å². The third-order valence-corrected chi connectivity index (χ3v) is 3.14. The Morgan fingerprint density at radius 2 is 1.88 bits per heavy atom. The molecule has 16 heavy (non-hydrogen) atoms. The van der Waals surface area contributed by atoms with Crippen molar-refractivity contribution in [3.63, 3.8) is 0 Å². The highest BCUT2D eigenvalue weighted by atomic mass is 16.1. The second-order valence-corrected chi connectivity index (χ2v) is 4.47. The van der Waals surface area contributed by atoms with E-state index in [9.17, 15) is 4.79 Å². The van der Waals surface area contributed by atoms with Crippen molar-refractivity contribution in [3.05, 3.63) is 35.9 Å². The maximum atomic E-state index is 11.6. The van der Waals surface area contributed by atoms with Crippen molar-refractivity contribution in [2.75, 3.05) is 0 Å². The van der Waals surface area contributed by atoms with E-state index in [2.05, 4.69) is 31.2 Å². The van der Waals surface area contributed by atoms with Crippen molar-refractivity contribution >= 4 is 5.78 Å². The molecular weight excluding hydrogens is 196 g/mol. The van der Waals surface area contributed by atoms with Gasteiger partial charge in [-0.05, 0) is 31.2 Å². The van der Waals surface area contributed by atoms with Crippen molar-refractivity contribution in [2.24, 2.45) is 5.92 Å². The van der Waals surface area contributed by atoms with Gasteiger partial charge in [0.1, 0.15) is 5.78 Å². The van der Waals surface area contributed by atoms with Crippen molar-refractivity contribution < 1.29 is 4.79 Å². The molecule has 1 aromatic rings. The predicted molar refractivity (Wildman–Crippen MR) is 68.5 cm³/mol. The molecule has 1 heteroatoms. The Morgan fingerprint density at radius 3 is 2.50 bits per heavy atom. The quantitative estimate of drug-likeness (QED) is 0.632. The van der Waals surface area contributed by atoms with Crippen LogP contribution in [0.1, 0.15) is 45.1 Å². The van der Waals surface area contributed by atoms with Gasteiger partial charge in [-0.1, -0.05) is 44.2 Å². The Labute approximate surface area is 98.9 Å². The molecular formula is C15H22O. The molecule has 1 nitrogen and oxygen atoms in total. The molecule has 0 N–H and O–H groups in total. The molecule has 0 aliphatic rings. The Bertz CT molecular complexity index is 302. The molecule has 0 bridgehead atoms. The molecule has 1 atom stereocenters. The number of hydrogen-bond donors (Lipinski definition) is 0. The third-order valence-electron chi connectivity index (χ3n) is 3.14. The summed E-state index contributed by atoms with van der Waals surface area (Å²) in [6.07, 6.45) is 4.96. The highest BCUT2D eigenvalue weighted by molar-refractivity contribution is 5.80. The van der Waals surface area contributed by atoms with Gasteiger partial charge >= 0.3 is 0 Å². The monoisotopic (exact) mass is 218 g/mol. The van der Waals surface area contributed by atoms with Gasteiger partial charge in [0.15, 0.2) is 0 Å². The van der Waals surface area contributed by atoms with Crippen LogP contribution in [0.2, 0.25) is 0 Å². The number of benzene rings is 1. The molecule has 0 unspecified atom stereocenters. The summed E-state index contributed by atoms with van der Waals surface area (Å²) in [5.74, 6) is 0.673. The molecule has 1 aromatic carbocycles. The summed E-state index contributed by atoms with van der Waals surface area (Å²) in [4.78, 5) is 11.6. The number of rotatable bonds is 7. The summed E-state index contributed by atoms with van der Waals surface area (Å²) in [6.45, 7) is 4.10. The van der Waals surface area contributed by atoms with Crippen LogP contribution in [0, 0.1) is 5.92 Å². The number of ketones is 1. The van der Waals surface area contributed by atoms with Crippen molar-refractivity contribution in [2.45, 2.75) is 46.0 Å². The lowest BCUT2D eigenvalue weighted by Crippen LogP contribution is -2.09. The summed E-state index contributed by atoms with van der Waals surface area (Å²) in [6, 6.07) is 10.5. The SMILES string of the molecule is CC[C@@H](C)C(=O)CCCCc1ccccc1. The summed E-state index contributed by atoms with van der Waals surface area (Å²) >= 11 is 0. The number of Topliss-reactive ketones (excluding diaryl/α,β-unsaturated/α-hetero) is 1. The van der Waals surface area contributed by atoms with Crippen LogP contribution in [0.5, 0.6) is 0 Å². The standard InChI is InChI=1S/C15H22O/c1-3-13(2)15(16)12-8-7-11-14-9-5-4-6-10-14/h4-6,9-10,13H,3,7-8,11-12H2,1-2H3/t13-/m1/s1. The smallest absolute Gasteiger partial charge is 0.135 e. The zero-order valence-electron chi connectivity index (χ0n) is 10.4. The highest BCUT2D eigenvalue weighted by Gasteiger charge is 2.09. The highest BCUT2D eigenvalue weighted by Crippen LogP contribution is 2.10. The fourth-order valence-corrected chi connectivity index (χ4v) is 1.75. The molecule has 0 saturated heterocycles. The molecule has 0 heterocycles. The second-order valence-electron chi connectivity index (χ2n) is 4.47. The maximum Gasteiger partial charge on any atom is 0.135 e. The molecule has 0 fully saturated rings. The molecule has 0 spiro atoms. The van der Waals surface area contributed by atoms with Crippen LogP contribution in [-0.4, -0.2) is 5.78 Å². The van der Waals surface area contributed by atoms with Gasteiger partial charge in [-0.25, -0.2) is 0 Å². The van der Waals surface area contributed by atoms with Crippen molar-refractivity contribution in [1.29, 1.82) is 0 Å².